The third-order valence-electron chi connectivity index (χ3n) is 2.95. The first-order valence-electron chi connectivity index (χ1n) is 6.23. The van der Waals surface area contributed by atoms with Crippen molar-refractivity contribution in [2.75, 3.05) is 25.3 Å². The molecule has 0 fully saturated rings. The fraction of sp³-hybridized carbons (Fsp3) is 0.133. The molecule has 0 spiro atoms. The number of benzene rings is 2. The molecule has 0 heterocycles. The highest BCUT2D eigenvalue weighted by Crippen LogP contribution is 2.31. The maximum Gasteiger partial charge on any atom is 0.255 e. The third-order valence-corrected chi connectivity index (χ3v) is 3.58. The van der Waals surface area contributed by atoms with Crippen LogP contribution >= 0.6 is 23.2 Å². The van der Waals surface area contributed by atoms with Gasteiger partial charge in [-0.15, -0.1) is 0 Å². The summed E-state index contributed by atoms with van der Waals surface area (Å²) in [5, 5.41) is 3.23. The number of anilines is 2. The van der Waals surface area contributed by atoms with Gasteiger partial charge in [-0.05, 0) is 24.3 Å². The third kappa shape index (κ3) is 3.55. The summed E-state index contributed by atoms with van der Waals surface area (Å²) in [6.07, 6.45) is 0. The predicted octanol–water partition coefficient (Wildman–Crippen LogP) is 3.85. The molecule has 3 N–H and O–H groups in total. The van der Waals surface area contributed by atoms with Gasteiger partial charge in [-0.25, -0.2) is 0 Å². The first-order chi connectivity index (χ1) is 10.4. The molecule has 7 heteroatoms. The molecule has 2 rings (SSSR count). The minimum atomic E-state index is -0.353. The van der Waals surface area contributed by atoms with Gasteiger partial charge < -0.3 is 20.5 Å². The Hall–Kier alpha value is -2.11. The Morgan fingerprint density at radius 1 is 1.00 bits per heavy atom. The lowest BCUT2D eigenvalue weighted by Crippen LogP contribution is -2.12. The second-order valence-corrected chi connectivity index (χ2v) is 5.22. The van der Waals surface area contributed by atoms with Crippen LogP contribution in [0.2, 0.25) is 10.0 Å². The van der Waals surface area contributed by atoms with E-state index in [9.17, 15) is 4.79 Å². The number of carbonyl (C=O) groups is 1. The minimum absolute atomic E-state index is 0.268. The number of rotatable bonds is 4. The van der Waals surface area contributed by atoms with Gasteiger partial charge in [0.25, 0.3) is 5.91 Å². The van der Waals surface area contributed by atoms with E-state index in [0.717, 1.165) is 0 Å². The summed E-state index contributed by atoms with van der Waals surface area (Å²) in [5.74, 6) is 0.671. The van der Waals surface area contributed by atoms with E-state index in [1.165, 1.54) is 26.4 Å². The SMILES string of the molecule is COc1cc(OC)cc(C(=O)Nc2cc(Cl)c(N)c(Cl)c2)c1. The van der Waals surface area contributed by atoms with E-state index in [2.05, 4.69) is 5.32 Å². The Morgan fingerprint density at radius 2 is 1.50 bits per heavy atom. The van der Waals surface area contributed by atoms with Gasteiger partial charge in [-0.2, -0.15) is 0 Å². The first-order valence-corrected chi connectivity index (χ1v) is 6.99. The standard InChI is InChI=1S/C15H14Cl2N2O3/c1-21-10-3-8(4-11(7-10)22-2)15(20)19-9-5-12(16)14(18)13(17)6-9/h3-7H,18H2,1-2H3,(H,19,20). The van der Waals surface area contributed by atoms with Gasteiger partial charge in [0.05, 0.1) is 30.0 Å². The van der Waals surface area contributed by atoms with Gasteiger partial charge in [0, 0.05) is 17.3 Å². The molecule has 0 aliphatic carbocycles. The average Bonchev–Trinajstić information content (AvgIpc) is 2.51. The number of nitrogen functional groups attached to an aromatic ring is 1. The molecule has 0 unspecified atom stereocenters. The summed E-state index contributed by atoms with van der Waals surface area (Å²) in [6, 6.07) is 7.92. The van der Waals surface area contributed by atoms with E-state index in [1.54, 1.807) is 18.2 Å². The van der Waals surface area contributed by atoms with Crippen LogP contribution in [0.4, 0.5) is 11.4 Å². The highest BCUT2D eigenvalue weighted by Gasteiger charge is 2.12. The fourth-order valence-corrected chi connectivity index (χ4v) is 2.29. The minimum Gasteiger partial charge on any atom is -0.497 e. The summed E-state index contributed by atoms with van der Waals surface area (Å²) >= 11 is 11.9. The van der Waals surface area contributed by atoms with Gasteiger partial charge in [0.15, 0.2) is 0 Å². The van der Waals surface area contributed by atoms with Gasteiger partial charge >= 0.3 is 0 Å². The molecule has 0 saturated carbocycles. The molecule has 0 radical (unpaired) electrons. The van der Waals surface area contributed by atoms with Crippen molar-refractivity contribution < 1.29 is 14.3 Å². The largest absolute Gasteiger partial charge is 0.497 e. The zero-order valence-electron chi connectivity index (χ0n) is 11.9. The number of ether oxygens (including phenoxy) is 2. The summed E-state index contributed by atoms with van der Waals surface area (Å²) in [5.41, 5.74) is 6.74. The topological polar surface area (TPSA) is 73.6 Å². The van der Waals surface area contributed by atoms with E-state index in [4.69, 9.17) is 38.4 Å². The molecule has 0 bridgehead atoms. The van der Waals surface area contributed by atoms with Crippen molar-refractivity contribution in [3.63, 3.8) is 0 Å². The lowest BCUT2D eigenvalue weighted by atomic mass is 10.1. The van der Waals surface area contributed by atoms with E-state index in [1.807, 2.05) is 0 Å². The lowest BCUT2D eigenvalue weighted by Gasteiger charge is -2.10. The van der Waals surface area contributed by atoms with E-state index in [-0.39, 0.29) is 21.6 Å². The summed E-state index contributed by atoms with van der Waals surface area (Å²) in [4.78, 5) is 12.3. The molecule has 2 aromatic carbocycles. The van der Waals surface area contributed by atoms with Crippen LogP contribution in [0.25, 0.3) is 0 Å². The number of carbonyl (C=O) groups excluding carboxylic acids is 1. The van der Waals surface area contributed by atoms with Gasteiger partial charge in [-0.1, -0.05) is 23.2 Å². The Bertz CT molecular complexity index is 675. The maximum atomic E-state index is 12.3. The van der Waals surface area contributed by atoms with Gasteiger partial charge in [0.1, 0.15) is 11.5 Å². The lowest BCUT2D eigenvalue weighted by molar-refractivity contribution is 0.102. The molecule has 2 aromatic rings. The van der Waals surface area contributed by atoms with Gasteiger partial charge in [-0.3, -0.25) is 4.79 Å². The molecular weight excluding hydrogens is 327 g/mol. The Labute approximate surface area is 137 Å². The first kappa shape index (κ1) is 16.3. The van der Waals surface area contributed by atoms with Crippen LogP contribution in [0.1, 0.15) is 10.4 Å². The zero-order valence-corrected chi connectivity index (χ0v) is 13.5. The molecule has 0 atom stereocenters. The van der Waals surface area contributed by atoms with Crippen molar-refractivity contribution in [2.45, 2.75) is 0 Å². The number of amides is 1. The van der Waals surface area contributed by atoms with Crippen molar-refractivity contribution in [3.8, 4) is 11.5 Å². The number of nitrogens with one attached hydrogen (secondary N) is 1. The summed E-state index contributed by atoms with van der Waals surface area (Å²) in [7, 11) is 3.02. The highest BCUT2D eigenvalue weighted by atomic mass is 35.5. The monoisotopic (exact) mass is 340 g/mol. The quantitative estimate of drug-likeness (QED) is 0.829. The highest BCUT2D eigenvalue weighted by molar-refractivity contribution is 6.39. The van der Waals surface area contributed by atoms with Crippen LogP contribution in [-0.2, 0) is 0 Å². The number of hydrogen-bond acceptors (Lipinski definition) is 4. The number of hydrogen-bond donors (Lipinski definition) is 2. The molecule has 5 nitrogen and oxygen atoms in total. The molecule has 22 heavy (non-hydrogen) atoms. The number of nitrogens with two attached hydrogens (primary N) is 1. The van der Waals surface area contributed by atoms with Crippen LogP contribution in [0, 0.1) is 0 Å². The van der Waals surface area contributed by atoms with E-state index in [0.29, 0.717) is 22.7 Å². The fourth-order valence-electron chi connectivity index (χ4n) is 1.80. The van der Waals surface area contributed by atoms with Crippen LogP contribution in [0.3, 0.4) is 0 Å². The van der Waals surface area contributed by atoms with E-state index >= 15 is 0 Å². The zero-order chi connectivity index (χ0) is 16.3. The van der Waals surface area contributed by atoms with Gasteiger partial charge in [0.2, 0.25) is 0 Å². The van der Waals surface area contributed by atoms with Crippen molar-refractivity contribution in [1.82, 2.24) is 0 Å². The molecule has 0 aliphatic rings. The molecule has 116 valence electrons. The summed E-state index contributed by atoms with van der Waals surface area (Å²) < 4.78 is 10.3. The maximum absolute atomic E-state index is 12.3. The Kier molecular flexibility index (Phi) is 5.00. The Morgan fingerprint density at radius 3 is 1.95 bits per heavy atom. The second kappa shape index (κ2) is 6.77. The molecule has 1 amide bonds. The van der Waals surface area contributed by atoms with Crippen LogP contribution < -0.4 is 20.5 Å². The second-order valence-electron chi connectivity index (χ2n) is 4.41. The Balaban J connectivity index is 2.29. The smallest absolute Gasteiger partial charge is 0.255 e. The van der Waals surface area contributed by atoms with Crippen molar-refractivity contribution >= 4 is 40.5 Å². The van der Waals surface area contributed by atoms with E-state index < -0.39 is 0 Å². The number of halogens is 2. The van der Waals surface area contributed by atoms with Crippen LogP contribution in [0.15, 0.2) is 30.3 Å². The van der Waals surface area contributed by atoms with Crippen LogP contribution in [0.5, 0.6) is 11.5 Å². The van der Waals surface area contributed by atoms with Crippen molar-refractivity contribution in [3.05, 3.63) is 45.9 Å². The normalized spacial score (nSPS) is 10.2. The molecule has 0 aromatic heterocycles. The summed E-state index contributed by atoms with van der Waals surface area (Å²) in [6.45, 7) is 0. The molecular formula is C15H14Cl2N2O3. The molecule has 0 saturated heterocycles. The van der Waals surface area contributed by atoms with Crippen molar-refractivity contribution in [2.24, 2.45) is 0 Å². The van der Waals surface area contributed by atoms with Crippen LogP contribution in [-0.4, -0.2) is 20.1 Å². The predicted molar refractivity (Wildman–Crippen MR) is 88.4 cm³/mol. The van der Waals surface area contributed by atoms with Crippen molar-refractivity contribution in [1.29, 1.82) is 0 Å². The number of methoxy groups -OCH3 is 2. The average molecular weight is 341 g/mol. The molecule has 0 aliphatic heterocycles.